The van der Waals surface area contributed by atoms with Gasteiger partial charge in [0, 0.05) is 24.5 Å². The molecule has 126 valence electrons. The van der Waals surface area contributed by atoms with E-state index in [2.05, 4.69) is 31.5 Å². The number of methoxy groups -OCH3 is 2. The number of hydrogen-bond donors (Lipinski definition) is 1. The minimum atomic E-state index is -0.430. The summed E-state index contributed by atoms with van der Waals surface area (Å²) < 4.78 is 11.4. The van der Waals surface area contributed by atoms with Gasteiger partial charge in [-0.1, -0.05) is 20.8 Å². The van der Waals surface area contributed by atoms with Gasteiger partial charge in [0.2, 0.25) is 0 Å². The first-order chi connectivity index (χ1) is 10.8. The predicted octanol–water partition coefficient (Wildman–Crippen LogP) is 3.84. The summed E-state index contributed by atoms with van der Waals surface area (Å²) in [6.07, 6.45) is 0.563. The standard InChI is InChI=1S/C18H25NO3S/c1-18(2,3)9-13-11-23-15-7-6-12(8-14(13)15)17(20)19-10-16(21-4)22-5/h6-8,11,16H,9-10H2,1-5H3,(H,19,20). The summed E-state index contributed by atoms with van der Waals surface area (Å²) >= 11 is 1.73. The van der Waals surface area contributed by atoms with Gasteiger partial charge in [-0.15, -0.1) is 11.3 Å². The van der Waals surface area contributed by atoms with Crippen LogP contribution in [0.5, 0.6) is 0 Å². The first-order valence-corrected chi connectivity index (χ1v) is 8.56. The number of rotatable bonds is 6. The van der Waals surface area contributed by atoms with Crippen molar-refractivity contribution in [1.29, 1.82) is 0 Å². The SMILES string of the molecule is COC(CNC(=O)c1ccc2scc(CC(C)(C)C)c2c1)OC. The normalized spacial score (nSPS) is 12.1. The van der Waals surface area contributed by atoms with Crippen LogP contribution in [0, 0.1) is 5.41 Å². The van der Waals surface area contributed by atoms with E-state index in [0.29, 0.717) is 12.1 Å². The number of carbonyl (C=O) groups is 1. The second-order valence-electron chi connectivity index (χ2n) is 6.82. The number of benzene rings is 1. The molecule has 0 atom stereocenters. The Morgan fingerprint density at radius 1 is 1.26 bits per heavy atom. The van der Waals surface area contributed by atoms with Crippen molar-refractivity contribution in [2.45, 2.75) is 33.5 Å². The van der Waals surface area contributed by atoms with Crippen molar-refractivity contribution in [2.75, 3.05) is 20.8 Å². The van der Waals surface area contributed by atoms with Crippen LogP contribution in [0.3, 0.4) is 0 Å². The fourth-order valence-corrected chi connectivity index (χ4v) is 3.42. The lowest BCUT2D eigenvalue weighted by molar-refractivity contribution is -0.0974. The molecular formula is C18H25NO3S. The maximum Gasteiger partial charge on any atom is 0.251 e. The number of hydrogen-bond acceptors (Lipinski definition) is 4. The van der Waals surface area contributed by atoms with E-state index >= 15 is 0 Å². The lowest BCUT2D eigenvalue weighted by Gasteiger charge is -2.17. The Balaban J connectivity index is 2.18. The van der Waals surface area contributed by atoms with Crippen molar-refractivity contribution in [3.63, 3.8) is 0 Å². The second kappa shape index (κ2) is 7.43. The van der Waals surface area contributed by atoms with Gasteiger partial charge in [0.1, 0.15) is 0 Å². The molecule has 0 aliphatic rings. The fraction of sp³-hybridized carbons (Fsp3) is 0.500. The maximum atomic E-state index is 12.3. The number of carbonyl (C=O) groups excluding carboxylic acids is 1. The minimum absolute atomic E-state index is 0.112. The monoisotopic (exact) mass is 335 g/mol. The van der Waals surface area contributed by atoms with Crippen molar-refractivity contribution in [1.82, 2.24) is 5.32 Å². The molecular weight excluding hydrogens is 310 g/mol. The molecule has 0 radical (unpaired) electrons. The molecule has 0 spiro atoms. The van der Waals surface area contributed by atoms with E-state index in [1.807, 2.05) is 18.2 Å². The average Bonchev–Trinajstić information content (AvgIpc) is 2.88. The van der Waals surface area contributed by atoms with Gasteiger partial charge in [-0.3, -0.25) is 4.79 Å². The molecule has 4 nitrogen and oxygen atoms in total. The van der Waals surface area contributed by atoms with Crippen LogP contribution in [0.4, 0.5) is 0 Å². The van der Waals surface area contributed by atoms with Crippen LogP contribution in [-0.4, -0.2) is 33.0 Å². The molecule has 0 aliphatic heterocycles. The third kappa shape index (κ3) is 4.77. The quantitative estimate of drug-likeness (QED) is 0.816. The Morgan fingerprint density at radius 3 is 2.57 bits per heavy atom. The van der Waals surface area contributed by atoms with Gasteiger partial charge in [0.05, 0.1) is 6.54 Å². The van der Waals surface area contributed by atoms with E-state index in [1.54, 1.807) is 25.6 Å². The summed E-state index contributed by atoms with van der Waals surface area (Å²) in [5, 5.41) is 6.21. The highest BCUT2D eigenvalue weighted by atomic mass is 32.1. The zero-order valence-electron chi connectivity index (χ0n) is 14.4. The summed E-state index contributed by atoms with van der Waals surface area (Å²) in [4.78, 5) is 12.3. The molecule has 0 fully saturated rings. The number of thiophene rings is 1. The molecule has 2 rings (SSSR count). The summed E-state index contributed by atoms with van der Waals surface area (Å²) in [6, 6.07) is 5.87. The first kappa shape index (κ1) is 17.9. The molecule has 1 aromatic carbocycles. The van der Waals surface area contributed by atoms with Crippen LogP contribution in [0.2, 0.25) is 0 Å². The zero-order valence-corrected chi connectivity index (χ0v) is 15.3. The van der Waals surface area contributed by atoms with Crippen molar-refractivity contribution >= 4 is 27.3 Å². The van der Waals surface area contributed by atoms with Crippen molar-refractivity contribution in [3.8, 4) is 0 Å². The van der Waals surface area contributed by atoms with Crippen molar-refractivity contribution in [3.05, 3.63) is 34.7 Å². The lowest BCUT2D eigenvalue weighted by atomic mass is 9.88. The summed E-state index contributed by atoms with van der Waals surface area (Å²) in [5.74, 6) is -0.112. The molecule has 0 aliphatic carbocycles. The van der Waals surface area contributed by atoms with Gasteiger partial charge in [-0.2, -0.15) is 0 Å². The number of nitrogens with one attached hydrogen (secondary N) is 1. The van der Waals surface area contributed by atoms with Crippen LogP contribution in [0.15, 0.2) is 23.6 Å². The Bertz CT molecular complexity index is 668. The molecule has 1 heterocycles. The molecule has 1 aromatic heterocycles. The highest BCUT2D eigenvalue weighted by Crippen LogP contribution is 2.31. The molecule has 1 amide bonds. The molecule has 5 heteroatoms. The third-order valence-corrected chi connectivity index (χ3v) is 4.60. The van der Waals surface area contributed by atoms with Gasteiger partial charge in [0.15, 0.2) is 6.29 Å². The second-order valence-corrected chi connectivity index (χ2v) is 7.73. The largest absolute Gasteiger partial charge is 0.354 e. The Hall–Kier alpha value is -1.43. The fourth-order valence-electron chi connectivity index (χ4n) is 2.47. The predicted molar refractivity (Wildman–Crippen MR) is 95.1 cm³/mol. The van der Waals surface area contributed by atoms with E-state index < -0.39 is 6.29 Å². The summed E-state index contributed by atoms with van der Waals surface area (Å²) in [7, 11) is 3.10. The molecule has 2 aromatic rings. The summed E-state index contributed by atoms with van der Waals surface area (Å²) in [6.45, 7) is 7.00. The molecule has 0 saturated heterocycles. The van der Waals surface area contributed by atoms with E-state index in [-0.39, 0.29) is 11.3 Å². The molecule has 0 saturated carbocycles. The van der Waals surface area contributed by atoms with E-state index in [4.69, 9.17) is 9.47 Å². The number of amides is 1. The van der Waals surface area contributed by atoms with E-state index in [1.165, 1.54) is 15.6 Å². The molecule has 0 bridgehead atoms. The van der Waals surface area contributed by atoms with Gasteiger partial charge >= 0.3 is 0 Å². The van der Waals surface area contributed by atoms with Crippen molar-refractivity contribution < 1.29 is 14.3 Å². The minimum Gasteiger partial charge on any atom is -0.354 e. The van der Waals surface area contributed by atoms with Gasteiger partial charge in [-0.25, -0.2) is 0 Å². The van der Waals surface area contributed by atoms with Crippen molar-refractivity contribution in [2.24, 2.45) is 5.41 Å². The highest BCUT2D eigenvalue weighted by Gasteiger charge is 2.16. The number of fused-ring (bicyclic) bond motifs is 1. The highest BCUT2D eigenvalue weighted by molar-refractivity contribution is 7.17. The third-order valence-electron chi connectivity index (χ3n) is 3.59. The maximum absolute atomic E-state index is 12.3. The zero-order chi connectivity index (χ0) is 17.0. The first-order valence-electron chi connectivity index (χ1n) is 7.68. The number of ether oxygens (including phenoxy) is 2. The van der Waals surface area contributed by atoms with Gasteiger partial charge in [-0.05, 0) is 46.4 Å². The van der Waals surface area contributed by atoms with Crippen LogP contribution in [-0.2, 0) is 15.9 Å². The van der Waals surface area contributed by atoms with Gasteiger partial charge in [0.25, 0.3) is 5.91 Å². The van der Waals surface area contributed by atoms with E-state index in [9.17, 15) is 4.79 Å². The summed E-state index contributed by atoms with van der Waals surface area (Å²) in [5.41, 5.74) is 2.19. The van der Waals surface area contributed by atoms with Crippen LogP contribution < -0.4 is 5.32 Å². The van der Waals surface area contributed by atoms with Crippen LogP contribution >= 0.6 is 11.3 Å². The van der Waals surface area contributed by atoms with Gasteiger partial charge < -0.3 is 14.8 Å². The lowest BCUT2D eigenvalue weighted by Crippen LogP contribution is -2.34. The topological polar surface area (TPSA) is 47.6 Å². The molecule has 23 heavy (non-hydrogen) atoms. The molecule has 0 unspecified atom stereocenters. The molecule has 1 N–H and O–H groups in total. The van der Waals surface area contributed by atoms with E-state index in [0.717, 1.165) is 6.42 Å². The Labute approximate surface area is 141 Å². The van der Waals surface area contributed by atoms with Crippen LogP contribution in [0.1, 0.15) is 36.7 Å². The smallest absolute Gasteiger partial charge is 0.251 e. The Kier molecular flexibility index (Phi) is 5.79. The Morgan fingerprint density at radius 2 is 1.96 bits per heavy atom. The average molecular weight is 335 g/mol. The van der Waals surface area contributed by atoms with Crippen LogP contribution in [0.25, 0.3) is 10.1 Å².